The second-order valence-corrected chi connectivity index (χ2v) is 13.9. The van der Waals surface area contributed by atoms with Crippen molar-refractivity contribution in [2.75, 3.05) is 0 Å². The van der Waals surface area contributed by atoms with E-state index in [9.17, 15) is 10.0 Å². The molecule has 0 amide bonds. The topological polar surface area (TPSA) is 40.5 Å². The van der Waals surface area contributed by atoms with Crippen LogP contribution in [0.1, 0.15) is 43.2 Å². The highest BCUT2D eigenvalue weighted by Gasteiger charge is 2.61. The summed E-state index contributed by atoms with van der Waals surface area (Å²) in [4.78, 5) is 0. The molecule has 5 aliphatic carbocycles. The Kier molecular flexibility index (Phi) is 4.90. The zero-order valence-corrected chi connectivity index (χ0v) is 24.1. The first-order chi connectivity index (χ1) is 21.1. The summed E-state index contributed by atoms with van der Waals surface area (Å²) in [6.07, 6.45) is 6.88. The van der Waals surface area contributed by atoms with Gasteiger partial charge in [-0.25, -0.2) is 0 Å². The normalized spacial score (nSPS) is 26.5. The average Bonchev–Trinajstić information content (AvgIpc) is 3.29. The highest BCUT2D eigenvalue weighted by molar-refractivity contribution is 6.66. The molecule has 208 valence electrons. The molecule has 11 rings (SSSR count). The lowest BCUT2D eigenvalue weighted by atomic mass is 9.43. The van der Waals surface area contributed by atoms with Gasteiger partial charge >= 0.3 is 7.12 Å². The van der Waals surface area contributed by atoms with E-state index in [-0.39, 0.29) is 5.41 Å². The summed E-state index contributed by atoms with van der Waals surface area (Å²) >= 11 is 0. The zero-order chi connectivity index (χ0) is 28.4. The monoisotopic (exact) mass is 556 g/mol. The molecule has 5 aliphatic rings. The van der Waals surface area contributed by atoms with E-state index in [1.165, 1.54) is 65.1 Å². The van der Waals surface area contributed by atoms with Gasteiger partial charge in [0, 0.05) is 5.41 Å². The fourth-order valence-electron chi connectivity index (χ4n) is 10.8. The number of benzene rings is 6. The van der Waals surface area contributed by atoms with Crippen molar-refractivity contribution in [3.8, 4) is 22.3 Å². The highest BCUT2D eigenvalue weighted by atomic mass is 16.4. The molecule has 6 aromatic carbocycles. The molecule has 0 radical (unpaired) electrons. The predicted octanol–water partition coefficient (Wildman–Crippen LogP) is 8.22. The van der Waals surface area contributed by atoms with Crippen molar-refractivity contribution in [2.45, 2.75) is 37.5 Å². The van der Waals surface area contributed by atoms with E-state index in [4.69, 9.17) is 0 Å². The average molecular weight is 557 g/mol. The summed E-state index contributed by atoms with van der Waals surface area (Å²) in [5.74, 6) is 3.19. The van der Waals surface area contributed by atoms with Gasteiger partial charge in [-0.1, -0.05) is 84.9 Å². The van der Waals surface area contributed by atoms with Gasteiger partial charge < -0.3 is 10.0 Å². The Labute approximate surface area is 252 Å². The number of rotatable bonds is 2. The number of hydrogen-bond acceptors (Lipinski definition) is 2. The minimum Gasteiger partial charge on any atom is -0.423 e. The Balaban J connectivity index is 1.29. The third kappa shape index (κ3) is 3.12. The van der Waals surface area contributed by atoms with Crippen molar-refractivity contribution in [3.63, 3.8) is 0 Å². The SMILES string of the molecule is OB(O)c1c2ccccc2c(-c2ccc3c(c2)C2(c4cc5ccccc5cc4-3)C3CC4CC(C3)CC2C4)c2ccccc12. The summed E-state index contributed by atoms with van der Waals surface area (Å²) in [6, 6.07) is 37.8. The fraction of sp³-hybridized carbons (Fsp3) is 0.250. The Morgan fingerprint density at radius 1 is 0.535 bits per heavy atom. The molecule has 3 heteroatoms. The molecule has 4 fully saturated rings. The molecule has 43 heavy (non-hydrogen) atoms. The van der Waals surface area contributed by atoms with Crippen LogP contribution in [-0.2, 0) is 5.41 Å². The summed E-state index contributed by atoms with van der Waals surface area (Å²) < 4.78 is 0. The van der Waals surface area contributed by atoms with Crippen LogP contribution in [0, 0.1) is 23.7 Å². The Bertz CT molecular complexity index is 2060. The molecule has 0 aliphatic heterocycles. The summed E-state index contributed by atoms with van der Waals surface area (Å²) in [6.45, 7) is 0. The van der Waals surface area contributed by atoms with E-state index in [2.05, 4.69) is 78.9 Å². The van der Waals surface area contributed by atoms with Crippen LogP contribution in [0.5, 0.6) is 0 Å². The first kappa shape index (κ1) is 24.5. The Morgan fingerprint density at radius 2 is 1.07 bits per heavy atom. The molecular weight excluding hydrogens is 523 g/mol. The maximum atomic E-state index is 10.5. The van der Waals surface area contributed by atoms with Gasteiger partial charge in [0.2, 0.25) is 0 Å². The van der Waals surface area contributed by atoms with Crippen molar-refractivity contribution in [1.29, 1.82) is 0 Å². The first-order valence-electron chi connectivity index (χ1n) is 16.1. The van der Waals surface area contributed by atoms with Crippen LogP contribution in [-0.4, -0.2) is 17.2 Å². The van der Waals surface area contributed by atoms with Crippen molar-refractivity contribution >= 4 is 44.9 Å². The lowest BCUT2D eigenvalue weighted by Crippen LogP contribution is -2.55. The molecule has 1 spiro atoms. The Morgan fingerprint density at radius 3 is 1.67 bits per heavy atom. The smallest absolute Gasteiger partial charge is 0.423 e. The largest absolute Gasteiger partial charge is 0.489 e. The lowest BCUT2D eigenvalue weighted by molar-refractivity contribution is -0.0398. The van der Waals surface area contributed by atoms with E-state index in [1.54, 1.807) is 11.1 Å². The number of fused-ring (bicyclic) bond motifs is 6. The van der Waals surface area contributed by atoms with E-state index in [0.717, 1.165) is 33.4 Å². The maximum Gasteiger partial charge on any atom is 0.489 e. The van der Waals surface area contributed by atoms with Gasteiger partial charge in [-0.3, -0.25) is 0 Å². The second kappa shape index (κ2) is 8.59. The Hall–Kier alpha value is -3.92. The quantitative estimate of drug-likeness (QED) is 0.167. The van der Waals surface area contributed by atoms with Crippen LogP contribution in [0.25, 0.3) is 54.6 Å². The summed E-state index contributed by atoms with van der Waals surface area (Å²) in [7, 11) is -1.54. The summed E-state index contributed by atoms with van der Waals surface area (Å²) in [5, 5.41) is 27.7. The third-order valence-electron chi connectivity index (χ3n) is 12.0. The van der Waals surface area contributed by atoms with E-state index < -0.39 is 7.12 Å². The maximum absolute atomic E-state index is 10.5. The molecule has 2 nitrogen and oxygen atoms in total. The van der Waals surface area contributed by atoms with Crippen LogP contribution < -0.4 is 5.46 Å². The zero-order valence-electron chi connectivity index (χ0n) is 24.1. The van der Waals surface area contributed by atoms with Gasteiger partial charge in [0.25, 0.3) is 0 Å². The molecule has 2 N–H and O–H groups in total. The van der Waals surface area contributed by atoms with Gasteiger partial charge in [0.1, 0.15) is 0 Å². The third-order valence-corrected chi connectivity index (χ3v) is 12.0. The van der Waals surface area contributed by atoms with Gasteiger partial charge in [-0.05, 0) is 145 Å². The molecule has 0 atom stereocenters. The molecule has 0 unspecified atom stereocenters. The molecule has 4 saturated carbocycles. The first-order valence-corrected chi connectivity index (χ1v) is 16.1. The molecular formula is C40H33BO2. The van der Waals surface area contributed by atoms with E-state index >= 15 is 0 Å². The predicted molar refractivity (Wildman–Crippen MR) is 177 cm³/mol. The van der Waals surface area contributed by atoms with Crippen molar-refractivity contribution < 1.29 is 10.0 Å². The van der Waals surface area contributed by atoms with E-state index in [0.29, 0.717) is 17.3 Å². The van der Waals surface area contributed by atoms with Crippen molar-refractivity contribution in [1.82, 2.24) is 0 Å². The minimum absolute atomic E-state index is 0.0744. The van der Waals surface area contributed by atoms with Gasteiger partial charge in [-0.2, -0.15) is 0 Å². The van der Waals surface area contributed by atoms with Crippen LogP contribution in [0.15, 0.2) is 103 Å². The second-order valence-electron chi connectivity index (χ2n) is 13.9. The number of hydrogen-bond donors (Lipinski definition) is 2. The van der Waals surface area contributed by atoms with Crippen LogP contribution in [0.2, 0.25) is 0 Å². The van der Waals surface area contributed by atoms with Gasteiger partial charge in [0.15, 0.2) is 0 Å². The van der Waals surface area contributed by atoms with Gasteiger partial charge in [-0.15, -0.1) is 0 Å². The van der Waals surface area contributed by atoms with E-state index in [1.807, 2.05) is 24.3 Å². The molecule has 6 aromatic rings. The van der Waals surface area contributed by atoms with Crippen molar-refractivity contribution in [2.24, 2.45) is 23.7 Å². The van der Waals surface area contributed by atoms with Crippen LogP contribution >= 0.6 is 0 Å². The molecule has 0 aromatic heterocycles. The lowest BCUT2D eigenvalue weighted by Gasteiger charge is -2.61. The molecule has 0 heterocycles. The standard InChI is InChI=1S/C40H33BO2/c42-41(43)39-33-11-5-3-9-31(33)38(32-10-4-6-12-34(32)39)27-13-14-30-35-20-25-7-1-2-8-26(25)21-37(35)40(36(30)22-27)28-16-23-15-24(18-28)19-29(40)17-23/h1-14,20-24,28-29,42-43H,15-19H2. The fourth-order valence-corrected chi connectivity index (χ4v) is 10.8. The van der Waals surface area contributed by atoms with Gasteiger partial charge in [0.05, 0.1) is 0 Å². The highest BCUT2D eigenvalue weighted by Crippen LogP contribution is 2.69. The van der Waals surface area contributed by atoms with Crippen molar-refractivity contribution in [3.05, 3.63) is 114 Å². The van der Waals surface area contributed by atoms with Crippen LogP contribution in [0.3, 0.4) is 0 Å². The minimum atomic E-state index is -1.54. The van der Waals surface area contributed by atoms with Crippen LogP contribution in [0.4, 0.5) is 0 Å². The molecule has 0 saturated heterocycles. The molecule has 4 bridgehead atoms. The summed E-state index contributed by atoms with van der Waals surface area (Å²) in [5.41, 5.74) is 9.09.